The molecule has 9 N–H and O–H groups in total. The molecule has 1 saturated heterocycles. The van der Waals surface area contributed by atoms with Crippen LogP contribution in [0.2, 0.25) is 0 Å². The Hall–Kier alpha value is -3.76. The van der Waals surface area contributed by atoms with Crippen molar-refractivity contribution in [2.75, 3.05) is 18.1 Å². The van der Waals surface area contributed by atoms with Gasteiger partial charge in [-0.1, -0.05) is 12.1 Å². The number of hydrogen-bond donors (Lipinski definition) is 9. The van der Waals surface area contributed by atoms with Gasteiger partial charge < -0.3 is 55.4 Å². The molecule has 0 aromatic heterocycles. The average molecular weight is 578 g/mol. The average Bonchev–Trinajstić information content (AvgIpc) is 3.26. The lowest BCUT2D eigenvalue weighted by Crippen LogP contribution is -2.67. The van der Waals surface area contributed by atoms with E-state index in [2.05, 4.69) is 0 Å². The van der Waals surface area contributed by atoms with Gasteiger partial charge in [0.2, 0.25) is 0 Å². The number of rotatable bonds is 9. The van der Waals surface area contributed by atoms with E-state index in [9.17, 15) is 55.5 Å². The quantitative estimate of drug-likeness (QED) is 0.126. The van der Waals surface area contributed by atoms with E-state index in [0.29, 0.717) is 5.56 Å². The number of carbonyl (C=O) groups is 2. The molecule has 1 fully saturated rings. The molecule has 41 heavy (non-hydrogen) atoms. The van der Waals surface area contributed by atoms with Crippen LogP contribution < -0.4 is 9.64 Å². The first kappa shape index (κ1) is 30.2. The van der Waals surface area contributed by atoms with Gasteiger partial charge in [-0.05, 0) is 48.2 Å². The van der Waals surface area contributed by atoms with E-state index in [1.165, 1.54) is 30.3 Å². The normalized spacial score (nSPS) is 29.5. The molecule has 0 aliphatic carbocycles. The molecule has 2 aromatic carbocycles. The van der Waals surface area contributed by atoms with Crippen molar-refractivity contribution in [3.05, 3.63) is 53.6 Å². The van der Waals surface area contributed by atoms with Crippen molar-refractivity contribution in [3.63, 3.8) is 0 Å². The molecule has 2 aliphatic heterocycles. The van der Waals surface area contributed by atoms with Crippen molar-refractivity contribution >= 4 is 23.6 Å². The fourth-order valence-electron chi connectivity index (χ4n) is 5.03. The van der Waals surface area contributed by atoms with Crippen molar-refractivity contribution in [1.29, 1.82) is 0 Å². The molecule has 6 atom stereocenters. The van der Waals surface area contributed by atoms with Gasteiger partial charge in [0.25, 0.3) is 5.91 Å². The Labute approximate surface area is 233 Å². The molecule has 0 radical (unpaired) electrons. The number of carboxylic acid groups (broad SMARTS) is 1. The number of carboxylic acids is 1. The number of anilines is 1. The molecule has 0 saturated carbocycles. The largest absolute Gasteiger partial charge is 0.508 e. The number of ether oxygens (including phenoxy) is 2. The first-order valence-corrected chi connectivity index (χ1v) is 12.6. The first-order chi connectivity index (χ1) is 19.4. The molecule has 0 spiro atoms. The number of nitrogens with zero attached hydrogens (tertiary/aromatic N) is 1. The monoisotopic (exact) mass is 577 g/mol. The zero-order valence-corrected chi connectivity index (χ0v) is 21.6. The SMILES string of the molecule is O=C(C=Cc1ccc(O)cc1)N1c2cc(OC3(O)OC(CO)C(O)C(O)C3O)c(O)cc2CC1(CCCO)C(=O)O. The smallest absolute Gasteiger partial charge is 0.355 e. The van der Waals surface area contributed by atoms with Gasteiger partial charge in [0.15, 0.2) is 17.6 Å². The molecule has 6 unspecified atom stereocenters. The van der Waals surface area contributed by atoms with Crippen LogP contribution in [0.3, 0.4) is 0 Å². The Kier molecular flexibility index (Phi) is 8.56. The van der Waals surface area contributed by atoms with Gasteiger partial charge in [0, 0.05) is 25.2 Å². The molecule has 4 rings (SSSR count). The first-order valence-electron chi connectivity index (χ1n) is 12.6. The van der Waals surface area contributed by atoms with E-state index in [1.54, 1.807) is 0 Å². The minimum absolute atomic E-state index is 0.00392. The molecule has 222 valence electrons. The van der Waals surface area contributed by atoms with Crippen LogP contribution >= 0.6 is 0 Å². The van der Waals surface area contributed by atoms with Gasteiger partial charge in [-0.3, -0.25) is 9.69 Å². The number of aliphatic hydroxyl groups excluding tert-OH is 5. The molecule has 14 nitrogen and oxygen atoms in total. The van der Waals surface area contributed by atoms with Crippen LogP contribution in [0.1, 0.15) is 24.0 Å². The zero-order valence-electron chi connectivity index (χ0n) is 21.6. The summed E-state index contributed by atoms with van der Waals surface area (Å²) in [6, 6.07) is 7.99. The van der Waals surface area contributed by atoms with Crippen LogP contribution in [-0.4, -0.2) is 107 Å². The zero-order chi connectivity index (χ0) is 30.1. The summed E-state index contributed by atoms with van der Waals surface area (Å²) in [5, 5.41) is 90.6. The number of amides is 1. The lowest BCUT2D eigenvalue weighted by atomic mass is 9.88. The van der Waals surface area contributed by atoms with Gasteiger partial charge in [-0.2, -0.15) is 0 Å². The summed E-state index contributed by atoms with van der Waals surface area (Å²) in [6.07, 6.45) is -5.58. The summed E-state index contributed by atoms with van der Waals surface area (Å²) in [6.45, 7) is -1.24. The van der Waals surface area contributed by atoms with Gasteiger partial charge in [-0.15, -0.1) is 0 Å². The summed E-state index contributed by atoms with van der Waals surface area (Å²) >= 11 is 0. The fourth-order valence-corrected chi connectivity index (χ4v) is 5.03. The lowest BCUT2D eigenvalue weighted by Gasteiger charge is -2.44. The maximum absolute atomic E-state index is 13.6. The van der Waals surface area contributed by atoms with Crippen molar-refractivity contribution in [2.24, 2.45) is 0 Å². The molecule has 0 bridgehead atoms. The number of aromatic hydroxyl groups is 2. The summed E-state index contributed by atoms with van der Waals surface area (Å²) in [7, 11) is 0. The summed E-state index contributed by atoms with van der Waals surface area (Å²) < 4.78 is 10.4. The van der Waals surface area contributed by atoms with Gasteiger partial charge in [-0.25, -0.2) is 4.79 Å². The summed E-state index contributed by atoms with van der Waals surface area (Å²) in [5.74, 6) is -6.49. The molecule has 2 heterocycles. The topological polar surface area (TPSA) is 238 Å². The number of benzene rings is 2. The van der Waals surface area contributed by atoms with E-state index in [4.69, 9.17) is 9.47 Å². The standard InChI is InChI=1S/C27H31NO13/c29-9-1-8-26(25(37)38)12-15-10-18(32)19(40-27(39)24(36)23(35)22(34)20(13-30)41-27)11-17(15)28(26)21(33)7-4-14-2-5-16(31)6-3-14/h2-7,10-11,20,22-24,29-32,34-36,39H,1,8-9,12-13H2,(H,37,38). The Morgan fingerprint density at radius 3 is 2.37 bits per heavy atom. The molecule has 2 aromatic rings. The maximum Gasteiger partial charge on any atom is 0.355 e. The Balaban J connectivity index is 1.76. The number of carbonyl (C=O) groups excluding carboxylic acids is 1. The number of aliphatic hydroxyl groups is 6. The van der Waals surface area contributed by atoms with Gasteiger partial charge in [0.05, 0.1) is 12.3 Å². The van der Waals surface area contributed by atoms with Crippen molar-refractivity contribution in [2.45, 2.75) is 55.2 Å². The minimum Gasteiger partial charge on any atom is -0.508 e. The number of phenols is 2. The number of aliphatic carboxylic acids is 1. The molecular formula is C27H31NO13. The van der Waals surface area contributed by atoms with Crippen molar-refractivity contribution in [1.82, 2.24) is 0 Å². The van der Waals surface area contributed by atoms with Crippen LogP contribution in [0.5, 0.6) is 17.2 Å². The van der Waals surface area contributed by atoms with Crippen LogP contribution in [0.4, 0.5) is 5.69 Å². The van der Waals surface area contributed by atoms with E-state index in [-0.39, 0.29) is 42.9 Å². The Morgan fingerprint density at radius 2 is 1.76 bits per heavy atom. The van der Waals surface area contributed by atoms with Crippen molar-refractivity contribution < 1.29 is 65.0 Å². The third-order valence-corrected chi connectivity index (χ3v) is 7.17. The Bertz CT molecular complexity index is 1310. The number of hydrogen-bond acceptors (Lipinski definition) is 12. The minimum atomic E-state index is -3.08. The van der Waals surface area contributed by atoms with Crippen molar-refractivity contribution in [3.8, 4) is 17.2 Å². The summed E-state index contributed by atoms with van der Waals surface area (Å²) in [4.78, 5) is 27.2. The van der Waals surface area contributed by atoms with Gasteiger partial charge >= 0.3 is 11.9 Å². The second-order valence-corrected chi connectivity index (χ2v) is 9.89. The van der Waals surface area contributed by atoms with Crippen LogP contribution in [0.15, 0.2) is 42.5 Å². The number of fused-ring (bicyclic) bond motifs is 1. The molecular weight excluding hydrogens is 546 g/mol. The van der Waals surface area contributed by atoms with E-state index < -0.39 is 65.9 Å². The van der Waals surface area contributed by atoms with Gasteiger partial charge in [0.1, 0.15) is 29.6 Å². The molecule has 2 aliphatic rings. The second kappa shape index (κ2) is 11.6. The van der Waals surface area contributed by atoms with Crippen LogP contribution in [0, 0.1) is 0 Å². The van der Waals surface area contributed by atoms with E-state index in [1.807, 2.05) is 0 Å². The predicted molar refractivity (Wildman–Crippen MR) is 139 cm³/mol. The molecule has 1 amide bonds. The second-order valence-electron chi connectivity index (χ2n) is 9.89. The van der Waals surface area contributed by atoms with E-state index >= 15 is 0 Å². The van der Waals surface area contributed by atoms with Crippen LogP contribution in [-0.2, 0) is 20.7 Å². The highest BCUT2D eigenvalue weighted by atomic mass is 16.8. The maximum atomic E-state index is 13.6. The third-order valence-electron chi connectivity index (χ3n) is 7.17. The van der Waals surface area contributed by atoms with E-state index in [0.717, 1.165) is 23.1 Å². The molecule has 14 heteroatoms. The predicted octanol–water partition coefficient (Wildman–Crippen LogP) is -1.21. The fraction of sp³-hybridized carbons (Fsp3) is 0.407. The summed E-state index contributed by atoms with van der Waals surface area (Å²) in [5.41, 5.74) is -1.19. The van der Waals surface area contributed by atoms with Crippen LogP contribution in [0.25, 0.3) is 6.08 Å². The number of phenolic OH excluding ortho intramolecular Hbond substituents is 2. The Morgan fingerprint density at radius 1 is 1.07 bits per heavy atom. The third kappa shape index (κ3) is 5.58. The highest BCUT2D eigenvalue weighted by molar-refractivity contribution is 6.11. The lowest BCUT2D eigenvalue weighted by molar-refractivity contribution is -0.422. The highest BCUT2D eigenvalue weighted by Gasteiger charge is 2.56. The highest BCUT2D eigenvalue weighted by Crippen LogP contribution is 2.47.